The maximum atomic E-state index is 12.9. The number of hydrogen-bond donors (Lipinski definition) is 0. The van der Waals surface area contributed by atoms with Crippen molar-refractivity contribution in [3.63, 3.8) is 0 Å². The third-order valence-corrected chi connectivity index (χ3v) is 16.0. The molecule has 0 aliphatic rings. The highest BCUT2D eigenvalue weighted by Gasteiger charge is 2.19. The number of carbonyl (C=O) groups excluding carboxylic acids is 3. The first-order valence-electron chi connectivity index (χ1n) is 34.8. The lowest BCUT2D eigenvalue weighted by molar-refractivity contribution is -0.167. The largest absolute Gasteiger partial charge is 0.462 e. The smallest absolute Gasteiger partial charge is 0.306 e. The number of esters is 3. The van der Waals surface area contributed by atoms with Gasteiger partial charge in [-0.2, -0.15) is 0 Å². The van der Waals surface area contributed by atoms with E-state index in [9.17, 15) is 14.4 Å². The maximum Gasteiger partial charge on any atom is 0.306 e. The molecule has 0 saturated carbocycles. The van der Waals surface area contributed by atoms with Crippen molar-refractivity contribution in [2.75, 3.05) is 13.2 Å². The van der Waals surface area contributed by atoms with Crippen LogP contribution in [0.1, 0.15) is 393 Å². The highest BCUT2D eigenvalue weighted by Crippen LogP contribution is 2.19. The molecule has 0 aromatic carbocycles. The zero-order valence-corrected chi connectivity index (χ0v) is 52.3. The average Bonchev–Trinajstić information content (AvgIpc) is 3.43. The van der Waals surface area contributed by atoms with Gasteiger partial charge in [0.15, 0.2) is 6.10 Å². The highest BCUT2D eigenvalue weighted by atomic mass is 16.6. The summed E-state index contributed by atoms with van der Waals surface area (Å²) in [6.45, 7) is 6.66. The Morgan fingerprint density at radius 2 is 0.468 bits per heavy atom. The van der Waals surface area contributed by atoms with E-state index < -0.39 is 6.10 Å². The summed E-state index contributed by atoms with van der Waals surface area (Å²) in [4.78, 5) is 38.2. The normalized spacial score (nSPS) is 12.1. The van der Waals surface area contributed by atoms with Crippen LogP contribution in [0.15, 0.2) is 24.3 Å². The van der Waals surface area contributed by atoms with E-state index in [1.54, 1.807) is 0 Å². The Morgan fingerprint density at radius 3 is 0.714 bits per heavy atom. The zero-order valence-electron chi connectivity index (χ0n) is 52.3. The molecule has 1 unspecified atom stereocenters. The van der Waals surface area contributed by atoms with Crippen LogP contribution in [-0.2, 0) is 28.6 Å². The van der Waals surface area contributed by atoms with Gasteiger partial charge in [0.25, 0.3) is 0 Å². The minimum atomic E-state index is -0.765. The monoisotopic (exact) mass is 1080 g/mol. The maximum absolute atomic E-state index is 12.9. The van der Waals surface area contributed by atoms with Crippen molar-refractivity contribution in [1.82, 2.24) is 0 Å². The van der Waals surface area contributed by atoms with Crippen LogP contribution in [0.2, 0.25) is 0 Å². The van der Waals surface area contributed by atoms with E-state index >= 15 is 0 Å². The molecule has 0 radical (unpaired) electrons. The van der Waals surface area contributed by atoms with Crippen molar-refractivity contribution in [2.45, 2.75) is 399 Å². The molecular weight excluding hydrogens is 949 g/mol. The topological polar surface area (TPSA) is 78.9 Å². The molecule has 454 valence electrons. The lowest BCUT2D eigenvalue weighted by atomic mass is 10.0. The molecule has 0 saturated heterocycles. The van der Waals surface area contributed by atoms with Crippen LogP contribution in [0.4, 0.5) is 0 Å². The summed E-state index contributed by atoms with van der Waals surface area (Å²) in [6, 6.07) is 0. The second-order valence-corrected chi connectivity index (χ2v) is 23.8. The Hall–Kier alpha value is -2.11. The molecule has 0 bridgehead atoms. The Kier molecular flexibility index (Phi) is 64.6. The Labute approximate surface area is 481 Å². The minimum Gasteiger partial charge on any atom is -0.462 e. The standard InChI is InChI=1S/C71H134O6/c1-4-7-10-13-16-18-20-22-24-26-28-30-32-34-35-37-38-40-42-44-46-48-50-52-55-58-61-64-70(73)76-67-68(66-75-69(72)63-60-57-54-15-12-9-6-3)77-71(74)65-62-59-56-53-51-49-47-45-43-41-39-36-33-31-29-27-25-23-21-19-17-14-11-8-5-2/h20,22,26,28,68H,4-19,21,23-25,27,29-67H2,1-3H3/b22-20-,28-26-. The van der Waals surface area contributed by atoms with Crippen molar-refractivity contribution >= 4 is 17.9 Å². The number of ether oxygens (including phenoxy) is 3. The number of carbonyl (C=O) groups is 3. The van der Waals surface area contributed by atoms with Gasteiger partial charge < -0.3 is 14.2 Å². The molecule has 1 atom stereocenters. The van der Waals surface area contributed by atoms with Crippen LogP contribution in [-0.4, -0.2) is 37.2 Å². The third kappa shape index (κ3) is 64.6. The summed E-state index contributed by atoms with van der Waals surface area (Å²) in [5.41, 5.74) is 0. The number of hydrogen-bond acceptors (Lipinski definition) is 6. The summed E-state index contributed by atoms with van der Waals surface area (Å²) < 4.78 is 16.9. The van der Waals surface area contributed by atoms with E-state index in [1.807, 2.05) is 0 Å². The Balaban J connectivity index is 4.02. The van der Waals surface area contributed by atoms with Crippen molar-refractivity contribution in [1.29, 1.82) is 0 Å². The van der Waals surface area contributed by atoms with Crippen molar-refractivity contribution in [3.8, 4) is 0 Å². The van der Waals surface area contributed by atoms with Gasteiger partial charge in [0.2, 0.25) is 0 Å². The van der Waals surface area contributed by atoms with Gasteiger partial charge in [0.1, 0.15) is 13.2 Å². The van der Waals surface area contributed by atoms with E-state index in [4.69, 9.17) is 14.2 Å². The molecule has 0 aliphatic heterocycles. The lowest BCUT2D eigenvalue weighted by Gasteiger charge is -2.18. The van der Waals surface area contributed by atoms with E-state index in [1.165, 1.54) is 289 Å². The van der Waals surface area contributed by atoms with E-state index in [-0.39, 0.29) is 31.1 Å². The molecule has 77 heavy (non-hydrogen) atoms. The van der Waals surface area contributed by atoms with Gasteiger partial charge in [-0.3, -0.25) is 14.4 Å². The number of allylic oxidation sites excluding steroid dienone is 4. The fourth-order valence-electron chi connectivity index (χ4n) is 10.7. The van der Waals surface area contributed by atoms with E-state index in [0.717, 1.165) is 64.2 Å². The summed E-state index contributed by atoms with van der Waals surface area (Å²) in [5.74, 6) is -0.843. The third-order valence-electron chi connectivity index (χ3n) is 16.0. The zero-order chi connectivity index (χ0) is 55.7. The average molecular weight is 1080 g/mol. The first-order valence-corrected chi connectivity index (χ1v) is 34.8. The van der Waals surface area contributed by atoms with Gasteiger partial charge in [-0.05, 0) is 51.4 Å². The molecule has 0 aromatic rings. The summed E-state index contributed by atoms with van der Waals surface area (Å²) >= 11 is 0. The van der Waals surface area contributed by atoms with Crippen LogP contribution >= 0.6 is 0 Å². The predicted molar refractivity (Wildman–Crippen MR) is 335 cm³/mol. The van der Waals surface area contributed by atoms with Gasteiger partial charge in [-0.1, -0.05) is 347 Å². The Morgan fingerprint density at radius 1 is 0.260 bits per heavy atom. The quantitative estimate of drug-likeness (QED) is 0.0261. The van der Waals surface area contributed by atoms with Gasteiger partial charge in [-0.15, -0.1) is 0 Å². The highest BCUT2D eigenvalue weighted by molar-refractivity contribution is 5.71. The molecule has 0 N–H and O–H groups in total. The molecule has 0 aromatic heterocycles. The fraction of sp³-hybridized carbons (Fsp3) is 0.901. The minimum absolute atomic E-state index is 0.0651. The van der Waals surface area contributed by atoms with E-state index in [0.29, 0.717) is 19.3 Å². The molecule has 0 rings (SSSR count). The SMILES string of the molecule is CCCCCCC/C=C\C/C=C\CCCCCCCCCCCCCCCCCC(=O)OCC(COC(=O)CCCCCCCCC)OC(=O)CCCCCCCCCCCCCCCCCCCCCCCCCCC. The summed E-state index contributed by atoms with van der Waals surface area (Å²) in [6.07, 6.45) is 81.0. The van der Waals surface area contributed by atoms with Crippen LogP contribution in [0, 0.1) is 0 Å². The first kappa shape index (κ1) is 74.9. The molecular formula is C71H134O6. The molecule has 0 aliphatic carbocycles. The van der Waals surface area contributed by atoms with Gasteiger partial charge in [-0.25, -0.2) is 0 Å². The molecule has 0 amide bonds. The van der Waals surface area contributed by atoms with Crippen molar-refractivity contribution in [3.05, 3.63) is 24.3 Å². The molecule has 0 spiro atoms. The van der Waals surface area contributed by atoms with Crippen LogP contribution in [0.5, 0.6) is 0 Å². The second-order valence-electron chi connectivity index (χ2n) is 23.8. The van der Waals surface area contributed by atoms with Gasteiger partial charge >= 0.3 is 17.9 Å². The number of unbranched alkanes of at least 4 members (excludes halogenated alkanes) is 50. The molecule has 6 heteroatoms. The fourth-order valence-corrected chi connectivity index (χ4v) is 10.7. The molecule has 0 fully saturated rings. The van der Waals surface area contributed by atoms with Crippen molar-refractivity contribution < 1.29 is 28.6 Å². The molecule has 0 heterocycles. The first-order chi connectivity index (χ1) is 38.0. The van der Waals surface area contributed by atoms with Crippen LogP contribution < -0.4 is 0 Å². The number of rotatable bonds is 65. The Bertz CT molecular complexity index is 1240. The summed E-state index contributed by atoms with van der Waals surface area (Å²) in [7, 11) is 0. The van der Waals surface area contributed by atoms with Gasteiger partial charge in [0.05, 0.1) is 0 Å². The summed E-state index contributed by atoms with van der Waals surface area (Å²) in [5, 5.41) is 0. The van der Waals surface area contributed by atoms with Crippen LogP contribution in [0.25, 0.3) is 0 Å². The predicted octanol–water partition coefficient (Wildman–Crippen LogP) is 23.8. The van der Waals surface area contributed by atoms with Crippen molar-refractivity contribution in [2.24, 2.45) is 0 Å². The van der Waals surface area contributed by atoms with E-state index in [2.05, 4.69) is 45.1 Å². The molecule has 6 nitrogen and oxygen atoms in total. The second kappa shape index (κ2) is 66.4. The lowest BCUT2D eigenvalue weighted by Crippen LogP contribution is -2.30. The van der Waals surface area contributed by atoms with Gasteiger partial charge in [0, 0.05) is 19.3 Å². The van der Waals surface area contributed by atoms with Crippen LogP contribution in [0.3, 0.4) is 0 Å².